The molecule has 3 rings (SSSR count). The van der Waals surface area contributed by atoms with Gasteiger partial charge in [-0.3, -0.25) is 0 Å². The van der Waals surface area contributed by atoms with Crippen molar-refractivity contribution in [1.82, 2.24) is 9.97 Å². The summed E-state index contributed by atoms with van der Waals surface area (Å²) in [5, 5.41) is 6.58. The molecule has 0 atom stereocenters. The van der Waals surface area contributed by atoms with Gasteiger partial charge in [-0.2, -0.15) is 0 Å². The quantitative estimate of drug-likeness (QED) is 0.672. The lowest BCUT2D eigenvalue weighted by atomic mass is 10.1. The Bertz CT molecular complexity index is 873. The monoisotopic (exact) mass is 350 g/mol. The largest absolute Gasteiger partial charge is 0.366 e. The van der Waals surface area contributed by atoms with Crippen molar-refractivity contribution in [3.05, 3.63) is 72.0 Å². The lowest BCUT2D eigenvalue weighted by molar-refractivity contribution is 0.613. The van der Waals surface area contributed by atoms with Crippen LogP contribution >= 0.6 is 0 Å². The van der Waals surface area contributed by atoms with E-state index in [2.05, 4.69) is 41.4 Å². The van der Waals surface area contributed by atoms with Crippen molar-refractivity contribution < 1.29 is 4.39 Å². The summed E-state index contributed by atoms with van der Waals surface area (Å²) in [6.07, 6.45) is 0. The van der Waals surface area contributed by atoms with Gasteiger partial charge in [-0.05, 0) is 26.8 Å². The number of benzene rings is 2. The van der Waals surface area contributed by atoms with Gasteiger partial charge in [0.2, 0.25) is 0 Å². The van der Waals surface area contributed by atoms with Crippen LogP contribution in [0, 0.1) is 5.82 Å². The SMILES string of the molecule is CC(C)(C)Nc1cc(NCc2ccccc2F)nc(-c2ccccc2)n1. The number of rotatable bonds is 5. The van der Waals surface area contributed by atoms with E-state index in [-0.39, 0.29) is 11.4 Å². The van der Waals surface area contributed by atoms with Gasteiger partial charge in [-0.15, -0.1) is 0 Å². The molecule has 134 valence electrons. The zero-order valence-electron chi connectivity index (χ0n) is 15.3. The summed E-state index contributed by atoms with van der Waals surface area (Å²) in [6.45, 7) is 6.57. The molecule has 0 saturated heterocycles. The number of anilines is 2. The molecule has 0 aliphatic carbocycles. The van der Waals surface area contributed by atoms with Gasteiger partial charge in [0.25, 0.3) is 0 Å². The fraction of sp³-hybridized carbons (Fsp3) is 0.238. The molecule has 0 aliphatic rings. The van der Waals surface area contributed by atoms with Gasteiger partial charge in [-0.1, -0.05) is 48.5 Å². The highest BCUT2D eigenvalue weighted by atomic mass is 19.1. The summed E-state index contributed by atoms with van der Waals surface area (Å²) in [4.78, 5) is 9.22. The van der Waals surface area contributed by atoms with Crippen LogP contribution < -0.4 is 10.6 Å². The first kappa shape index (κ1) is 17.9. The summed E-state index contributed by atoms with van der Waals surface area (Å²) >= 11 is 0. The van der Waals surface area contributed by atoms with Gasteiger partial charge in [0.05, 0.1) is 0 Å². The first-order valence-electron chi connectivity index (χ1n) is 8.61. The number of hydrogen-bond acceptors (Lipinski definition) is 4. The minimum Gasteiger partial charge on any atom is -0.366 e. The molecule has 0 spiro atoms. The van der Waals surface area contributed by atoms with Crippen LogP contribution in [0.5, 0.6) is 0 Å². The van der Waals surface area contributed by atoms with Crippen LogP contribution in [0.4, 0.5) is 16.0 Å². The maximum Gasteiger partial charge on any atom is 0.163 e. The molecule has 0 unspecified atom stereocenters. The zero-order valence-corrected chi connectivity index (χ0v) is 15.3. The average Bonchev–Trinajstić information content (AvgIpc) is 2.60. The Morgan fingerprint density at radius 1 is 0.885 bits per heavy atom. The predicted molar refractivity (Wildman–Crippen MR) is 105 cm³/mol. The van der Waals surface area contributed by atoms with Crippen molar-refractivity contribution in [2.45, 2.75) is 32.9 Å². The standard InChI is InChI=1S/C21H23FN4/c1-21(2,3)26-19-13-18(23-14-16-11-7-8-12-17(16)22)24-20(25-19)15-9-5-4-6-10-15/h4-13H,14H2,1-3H3,(H2,23,24,25,26). The molecule has 3 aromatic rings. The molecule has 0 aliphatic heterocycles. The highest BCUT2D eigenvalue weighted by Crippen LogP contribution is 2.22. The van der Waals surface area contributed by atoms with E-state index in [0.29, 0.717) is 23.8 Å². The Hall–Kier alpha value is -2.95. The van der Waals surface area contributed by atoms with Gasteiger partial charge in [0.1, 0.15) is 17.5 Å². The Kier molecular flexibility index (Phi) is 5.16. The Morgan fingerprint density at radius 2 is 1.54 bits per heavy atom. The number of halogens is 1. The second-order valence-electron chi connectivity index (χ2n) is 7.15. The summed E-state index contributed by atoms with van der Waals surface area (Å²) in [7, 11) is 0. The highest BCUT2D eigenvalue weighted by Gasteiger charge is 2.13. The lowest BCUT2D eigenvalue weighted by Crippen LogP contribution is -2.27. The number of hydrogen-bond donors (Lipinski definition) is 2. The Labute approximate surface area is 153 Å². The second kappa shape index (κ2) is 7.52. The Balaban J connectivity index is 1.90. The van der Waals surface area contributed by atoms with E-state index in [9.17, 15) is 4.39 Å². The maximum absolute atomic E-state index is 13.9. The molecule has 5 heteroatoms. The lowest BCUT2D eigenvalue weighted by Gasteiger charge is -2.22. The Morgan fingerprint density at radius 3 is 2.23 bits per heavy atom. The van der Waals surface area contributed by atoms with Crippen molar-refractivity contribution in [3.63, 3.8) is 0 Å². The predicted octanol–water partition coefficient (Wildman–Crippen LogP) is 5.11. The van der Waals surface area contributed by atoms with Crippen LogP contribution in [0.15, 0.2) is 60.7 Å². The summed E-state index contributed by atoms with van der Waals surface area (Å²) in [5.74, 6) is 1.76. The van der Waals surface area contributed by atoms with Crippen LogP contribution in [0.1, 0.15) is 26.3 Å². The van der Waals surface area contributed by atoms with Crippen LogP contribution in [-0.2, 0) is 6.54 Å². The van der Waals surface area contributed by atoms with Gasteiger partial charge < -0.3 is 10.6 Å². The van der Waals surface area contributed by atoms with Crippen LogP contribution in [-0.4, -0.2) is 15.5 Å². The molecule has 0 saturated carbocycles. The summed E-state index contributed by atoms with van der Waals surface area (Å²) < 4.78 is 13.9. The smallest absolute Gasteiger partial charge is 0.163 e. The molecule has 0 amide bonds. The summed E-state index contributed by atoms with van der Waals surface area (Å²) in [6, 6.07) is 18.4. The molecular formula is C21H23FN4. The van der Waals surface area contributed by atoms with Crippen LogP contribution in [0.3, 0.4) is 0 Å². The van der Waals surface area contributed by atoms with Gasteiger partial charge in [-0.25, -0.2) is 14.4 Å². The first-order chi connectivity index (χ1) is 12.4. The van der Waals surface area contributed by atoms with E-state index in [1.54, 1.807) is 12.1 Å². The minimum atomic E-state index is -0.231. The van der Waals surface area contributed by atoms with E-state index in [4.69, 9.17) is 0 Å². The van der Waals surface area contributed by atoms with Crippen molar-refractivity contribution >= 4 is 11.6 Å². The van der Waals surface area contributed by atoms with Crippen LogP contribution in [0.2, 0.25) is 0 Å². The number of nitrogens with zero attached hydrogens (tertiary/aromatic N) is 2. The third-order valence-electron chi connectivity index (χ3n) is 3.68. The van der Waals surface area contributed by atoms with Gasteiger partial charge in [0.15, 0.2) is 5.82 Å². The molecule has 2 aromatic carbocycles. The van der Waals surface area contributed by atoms with Crippen molar-refractivity contribution in [3.8, 4) is 11.4 Å². The van der Waals surface area contributed by atoms with Gasteiger partial charge in [0, 0.05) is 29.3 Å². The normalized spacial score (nSPS) is 11.2. The number of nitrogens with one attached hydrogen (secondary N) is 2. The molecular weight excluding hydrogens is 327 g/mol. The zero-order chi connectivity index (χ0) is 18.6. The third-order valence-corrected chi connectivity index (χ3v) is 3.68. The fourth-order valence-corrected chi connectivity index (χ4v) is 2.53. The van der Waals surface area contributed by atoms with E-state index < -0.39 is 0 Å². The number of aromatic nitrogens is 2. The van der Waals surface area contributed by atoms with Crippen molar-refractivity contribution in [1.29, 1.82) is 0 Å². The molecule has 0 fully saturated rings. The molecule has 2 N–H and O–H groups in total. The van der Waals surface area contributed by atoms with Gasteiger partial charge >= 0.3 is 0 Å². The highest BCUT2D eigenvalue weighted by molar-refractivity contribution is 5.61. The molecule has 1 aromatic heterocycles. The third kappa shape index (κ3) is 4.79. The van der Waals surface area contributed by atoms with E-state index in [0.717, 1.165) is 11.4 Å². The topological polar surface area (TPSA) is 49.8 Å². The van der Waals surface area contributed by atoms with E-state index >= 15 is 0 Å². The van der Waals surface area contributed by atoms with Crippen molar-refractivity contribution in [2.24, 2.45) is 0 Å². The van der Waals surface area contributed by atoms with Crippen LogP contribution in [0.25, 0.3) is 11.4 Å². The maximum atomic E-state index is 13.9. The molecule has 26 heavy (non-hydrogen) atoms. The fourth-order valence-electron chi connectivity index (χ4n) is 2.53. The van der Waals surface area contributed by atoms with E-state index in [1.807, 2.05) is 42.5 Å². The van der Waals surface area contributed by atoms with E-state index in [1.165, 1.54) is 6.07 Å². The minimum absolute atomic E-state index is 0.134. The molecule has 0 radical (unpaired) electrons. The summed E-state index contributed by atoms with van der Waals surface area (Å²) in [5.41, 5.74) is 1.39. The molecule has 1 heterocycles. The second-order valence-corrected chi connectivity index (χ2v) is 7.15. The first-order valence-corrected chi connectivity index (χ1v) is 8.61. The van der Waals surface area contributed by atoms with Crippen molar-refractivity contribution in [2.75, 3.05) is 10.6 Å². The molecule has 0 bridgehead atoms. The molecule has 4 nitrogen and oxygen atoms in total. The average molecular weight is 350 g/mol.